The Morgan fingerprint density at radius 3 is 2.65 bits per heavy atom. The molecule has 23 heavy (non-hydrogen) atoms. The van der Waals surface area contributed by atoms with Gasteiger partial charge in [-0.25, -0.2) is 17.9 Å². The van der Waals surface area contributed by atoms with Gasteiger partial charge >= 0.3 is 5.97 Å². The maximum atomic E-state index is 12.0. The summed E-state index contributed by atoms with van der Waals surface area (Å²) in [5.41, 5.74) is 0.0958. The molecule has 2 rings (SSSR count). The van der Waals surface area contributed by atoms with E-state index in [-0.39, 0.29) is 35.8 Å². The van der Waals surface area contributed by atoms with Gasteiger partial charge in [-0.05, 0) is 30.3 Å². The monoisotopic (exact) mass is 340 g/mol. The molecular weight excluding hydrogens is 324 g/mol. The number of hydrogen-bond acceptors (Lipinski definition) is 6. The molecule has 0 aliphatic carbocycles. The molecule has 1 heterocycles. The van der Waals surface area contributed by atoms with Crippen LogP contribution in [0.5, 0.6) is 0 Å². The molecule has 0 saturated heterocycles. The quantitative estimate of drug-likeness (QED) is 0.561. The third-order valence-corrected chi connectivity index (χ3v) is 4.43. The Hall–Kier alpha value is -2.36. The van der Waals surface area contributed by atoms with Gasteiger partial charge in [0.2, 0.25) is 10.0 Å². The van der Waals surface area contributed by atoms with Crippen molar-refractivity contribution in [3.8, 4) is 0 Å². The van der Waals surface area contributed by atoms with E-state index in [1.807, 2.05) is 0 Å². The molecule has 0 atom stereocenters. The van der Waals surface area contributed by atoms with Gasteiger partial charge in [-0.1, -0.05) is 0 Å². The Bertz CT molecular complexity index is 771. The molecule has 1 aromatic carbocycles. The highest BCUT2D eigenvalue weighted by Gasteiger charge is 2.18. The van der Waals surface area contributed by atoms with Crippen molar-refractivity contribution < 1.29 is 27.8 Å². The van der Waals surface area contributed by atoms with Crippen molar-refractivity contribution in [3.05, 3.63) is 47.9 Å². The maximum Gasteiger partial charge on any atom is 0.337 e. The number of anilines is 1. The lowest BCUT2D eigenvalue weighted by atomic mass is 10.2. The van der Waals surface area contributed by atoms with Crippen molar-refractivity contribution in [2.45, 2.75) is 11.4 Å². The fourth-order valence-corrected chi connectivity index (χ4v) is 2.93. The van der Waals surface area contributed by atoms with Crippen LogP contribution < -0.4 is 10.0 Å². The molecule has 0 amide bonds. The first-order valence-electron chi connectivity index (χ1n) is 6.68. The number of carbonyl (C=O) groups is 1. The zero-order valence-corrected chi connectivity index (χ0v) is 12.8. The summed E-state index contributed by atoms with van der Waals surface area (Å²) in [6, 6.07) is 7.16. The number of nitrogens with one attached hydrogen (secondary N) is 2. The number of benzene rings is 1. The van der Waals surface area contributed by atoms with Gasteiger partial charge in [-0.3, -0.25) is 0 Å². The van der Waals surface area contributed by atoms with Crippen molar-refractivity contribution in [3.63, 3.8) is 0 Å². The minimum Gasteiger partial charge on any atom is -0.478 e. The van der Waals surface area contributed by atoms with E-state index in [1.165, 1.54) is 18.4 Å². The lowest BCUT2D eigenvalue weighted by molar-refractivity contribution is 0.0697. The van der Waals surface area contributed by atoms with Crippen LogP contribution in [0.2, 0.25) is 0 Å². The topological polar surface area (TPSA) is 129 Å². The van der Waals surface area contributed by atoms with Crippen molar-refractivity contribution in [2.24, 2.45) is 0 Å². The average molecular weight is 340 g/mol. The predicted octanol–water partition coefficient (Wildman–Crippen LogP) is 0.860. The van der Waals surface area contributed by atoms with E-state index in [1.54, 1.807) is 12.1 Å². The molecule has 0 aliphatic rings. The molecule has 0 radical (unpaired) electrons. The highest BCUT2D eigenvalue weighted by molar-refractivity contribution is 7.89. The molecule has 0 unspecified atom stereocenters. The summed E-state index contributed by atoms with van der Waals surface area (Å²) in [6.45, 7) is -0.237. The van der Waals surface area contributed by atoms with E-state index in [9.17, 15) is 18.3 Å². The molecule has 124 valence electrons. The van der Waals surface area contributed by atoms with Gasteiger partial charge < -0.3 is 19.9 Å². The fourth-order valence-electron chi connectivity index (χ4n) is 1.88. The summed E-state index contributed by atoms with van der Waals surface area (Å²) in [5, 5.41) is 20.8. The van der Waals surface area contributed by atoms with Crippen molar-refractivity contribution >= 4 is 21.7 Å². The van der Waals surface area contributed by atoms with Gasteiger partial charge in [0, 0.05) is 12.2 Å². The number of carboxylic acids is 1. The number of rotatable bonds is 8. The Morgan fingerprint density at radius 2 is 2.04 bits per heavy atom. The smallest absolute Gasteiger partial charge is 0.337 e. The second-order valence-corrected chi connectivity index (χ2v) is 6.33. The van der Waals surface area contributed by atoms with Gasteiger partial charge in [-0.15, -0.1) is 0 Å². The largest absolute Gasteiger partial charge is 0.478 e. The zero-order valence-electron chi connectivity index (χ0n) is 12.0. The Kier molecular flexibility index (Phi) is 5.37. The predicted molar refractivity (Wildman–Crippen MR) is 81.7 cm³/mol. The van der Waals surface area contributed by atoms with E-state index in [2.05, 4.69) is 10.0 Å². The van der Waals surface area contributed by atoms with Crippen LogP contribution >= 0.6 is 0 Å². The minimum atomic E-state index is -3.87. The first-order valence-corrected chi connectivity index (χ1v) is 8.16. The summed E-state index contributed by atoms with van der Waals surface area (Å²) < 4.78 is 31.2. The Morgan fingerprint density at radius 1 is 1.26 bits per heavy atom. The highest BCUT2D eigenvalue weighted by Crippen LogP contribution is 2.21. The minimum absolute atomic E-state index is 0.150. The van der Waals surface area contributed by atoms with Crippen LogP contribution in [0.25, 0.3) is 0 Å². The number of aromatic carboxylic acids is 1. The maximum absolute atomic E-state index is 12.0. The molecular formula is C14H16N2O6S. The number of aliphatic hydroxyl groups excluding tert-OH is 1. The van der Waals surface area contributed by atoms with E-state index in [0.29, 0.717) is 5.76 Å². The second kappa shape index (κ2) is 7.27. The first kappa shape index (κ1) is 17.0. The van der Waals surface area contributed by atoms with Crippen LogP contribution in [-0.4, -0.2) is 37.8 Å². The van der Waals surface area contributed by atoms with Crippen LogP contribution in [0.3, 0.4) is 0 Å². The Balaban J connectivity index is 2.26. The lowest BCUT2D eigenvalue weighted by Crippen LogP contribution is -2.27. The van der Waals surface area contributed by atoms with Crippen LogP contribution in [0.1, 0.15) is 16.1 Å². The highest BCUT2D eigenvalue weighted by atomic mass is 32.2. The molecule has 8 nitrogen and oxygen atoms in total. The summed E-state index contributed by atoms with van der Waals surface area (Å²) in [5.74, 6) is -0.645. The fraction of sp³-hybridized carbons (Fsp3) is 0.214. The number of hydrogen-bond donors (Lipinski definition) is 4. The van der Waals surface area contributed by atoms with Gasteiger partial charge in [-0.2, -0.15) is 0 Å². The number of aliphatic hydroxyl groups is 1. The molecule has 0 fully saturated rings. The SMILES string of the molecule is O=C(O)c1cc(S(=O)(=O)NCCO)ccc1NCc1ccco1. The van der Waals surface area contributed by atoms with Gasteiger partial charge in [0.05, 0.1) is 29.9 Å². The van der Waals surface area contributed by atoms with Crippen LogP contribution in [-0.2, 0) is 16.6 Å². The number of furan rings is 1. The van der Waals surface area contributed by atoms with E-state index >= 15 is 0 Å². The first-order chi connectivity index (χ1) is 10.9. The molecule has 0 bridgehead atoms. The summed E-state index contributed by atoms with van der Waals surface area (Å²) >= 11 is 0. The number of sulfonamides is 1. The normalized spacial score (nSPS) is 11.3. The van der Waals surface area contributed by atoms with Crippen LogP contribution in [0.15, 0.2) is 45.9 Å². The molecule has 9 heteroatoms. The van der Waals surface area contributed by atoms with E-state index in [4.69, 9.17) is 9.52 Å². The molecule has 0 spiro atoms. The van der Waals surface area contributed by atoms with Gasteiger partial charge in [0.15, 0.2) is 0 Å². The van der Waals surface area contributed by atoms with Gasteiger partial charge in [0.25, 0.3) is 0 Å². The third kappa shape index (κ3) is 4.31. The lowest BCUT2D eigenvalue weighted by Gasteiger charge is -2.11. The molecule has 0 aliphatic heterocycles. The Labute approximate surface area is 132 Å². The van der Waals surface area contributed by atoms with Crippen LogP contribution in [0.4, 0.5) is 5.69 Å². The third-order valence-electron chi connectivity index (χ3n) is 2.97. The summed E-state index contributed by atoms with van der Waals surface area (Å²) in [4.78, 5) is 11.2. The van der Waals surface area contributed by atoms with E-state index < -0.39 is 16.0 Å². The zero-order chi connectivity index (χ0) is 16.9. The van der Waals surface area contributed by atoms with Crippen molar-refractivity contribution in [1.29, 1.82) is 0 Å². The molecule has 4 N–H and O–H groups in total. The standard InChI is InChI=1S/C14H16N2O6S/c17-6-5-16-23(20,21)11-3-4-13(12(8-11)14(18)19)15-9-10-2-1-7-22-10/h1-4,7-8,15-17H,5-6,9H2,(H,18,19). The summed E-state index contributed by atoms with van der Waals surface area (Å²) in [6.07, 6.45) is 1.50. The van der Waals surface area contributed by atoms with Crippen LogP contribution in [0, 0.1) is 0 Å². The van der Waals surface area contributed by atoms with Gasteiger partial charge in [0.1, 0.15) is 5.76 Å². The summed E-state index contributed by atoms with van der Waals surface area (Å²) in [7, 11) is -3.87. The molecule has 0 saturated carbocycles. The molecule has 1 aromatic heterocycles. The van der Waals surface area contributed by atoms with E-state index in [0.717, 1.165) is 6.07 Å². The molecule has 2 aromatic rings. The average Bonchev–Trinajstić information content (AvgIpc) is 3.04. The number of carboxylic acid groups (broad SMARTS) is 1. The van der Waals surface area contributed by atoms with Crippen molar-refractivity contribution in [2.75, 3.05) is 18.5 Å². The second-order valence-electron chi connectivity index (χ2n) is 4.57. The van der Waals surface area contributed by atoms with Crippen molar-refractivity contribution in [1.82, 2.24) is 4.72 Å².